The first-order valence-electron chi connectivity index (χ1n) is 8.43. The third kappa shape index (κ3) is 8.16. The molecule has 0 bridgehead atoms. The lowest BCUT2D eigenvalue weighted by molar-refractivity contribution is -0.160. The molecule has 0 aliphatic heterocycles. The smallest absolute Gasteiger partial charge is 0.348 e. The highest BCUT2D eigenvalue weighted by molar-refractivity contribution is 7.45. The number of nitrogens with one attached hydrogen (secondary N) is 2. The van der Waals surface area contributed by atoms with E-state index in [0.29, 0.717) is 17.3 Å². The number of hydrogen-bond donors (Lipinski definition) is 3. The predicted molar refractivity (Wildman–Crippen MR) is 108 cm³/mol. The van der Waals surface area contributed by atoms with E-state index in [4.69, 9.17) is 16.7 Å². The van der Waals surface area contributed by atoms with Crippen LogP contribution in [0.1, 0.15) is 29.3 Å². The highest BCUT2D eigenvalue weighted by atomic mass is 35.5. The van der Waals surface area contributed by atoms with Crippen LogP contribution >= 0.6 is 19.6 Å². The first-order chi connectivity index (χ1) is 12.8. The van der Waals surface area contributed by atoms with Gasteiger partial charge in [0.25, 0.3) is 5.91 Å². The van der Waals surface area contributed by atoms with Crippen molar-refractivity contribution in [2.24, 2.45) is 0 Å². The van der Waals surface area contributed by atoms with E-state index in [1.54, 1.807) is 24.3 Å². The molecule has 1 amide bonds. The molecule has 146 valence electrons. The van der Waals surface area contributed by atoms with E-state index in [2.05, 4.69) is 10.6 Å². The fraction of sp³-hybridized carbons (Fsp3) is 0.316. The molecule has 0 aliphatic rings. The number of carbonyl (C=O) groups is 1. The van der Waals surface area contributed by atoms with Gasteiger partial charge in [-0.1, -0.05) is 35.2 Å². The zero-order valence-corrected chi connectivity index (χ0v) is 17.2. The second-order valence-corrected chi connectivity index (χ2v) is 7.28. The topological polar surface area (TPSA) is 101 Å². The number of aliphatic hydroxyl groups excluding tert-OH is 1. The number of carbonyl (C=O) groups excluding carboxylic acids is 1. The summed E-state index contributed by atoms with van der Waals surface area (Å²) in [6.45, 7) is 4.53. The predicted octanol–water partition coefficient (Wildman–Crippen LogP) is 2.61. The number of halogens is 1. The number of hydrogen-bond acceptors (Lipinski definition) is 5. The lowest BCUT2D eigenvalue weighted by Crippen LogP contribution is -2.22. The third-order valence-electron chi connectivity index (χ3n) is 3.66. The molecule has 3 N–H and O–H groups in total. The van der Waals surface area contributed by atoms with Crippen LogP contribution in [0.2, 0.25) is 5.02 Å². The highest BCUT2D eigenvalue weighted by Gasteiger charge is 2.12. The molecule has 2 atom stereocenters. The van der Waals surface area contributed by atoms with Crippen LogP contribution in [0.25, 0.3) is 0 Å². The van der Waals surface area contributed by atoms with Crippen molar-refractivity contribution in [2.75, 3.05) is 18.9 Å². The van der Waals surface area contributed by atoms with Crippen molar-refractivity contribution >= 4 is 36.5 Å². The Bertz CT molecular complexity index is 786. The van der Waals surface area contributed by atoms with Crippen LogP contribution in [0.5, 0.6) is 0 Å². The summed E-state index contributed by atoms with van der Waals surface area (Å²) < 4.78 is 10.9. The molecule has 6 nitrogen and oxygen atoms in total. The SMILES string of the molecule is CCC(O)CNC.Cc1ccc(NC(=O)c2cccc([P+](=O)[O-])c2)cc1Cl. The lowest BCUT2D eigenvalue weighted by atomic mass is 10.2. The van der Waals surface area contributed by atoms with Crippen LogP contribution in [0, 0.1) is 6.92 Å². The molecule has 0 aromatic heterocycles. The molecular formula is C19H24ClN2O4P. The Morgan fingerprint density at radius 3 is 2.52 bits per heavy atom. The van der Waals surface area contributed by atoms with Gasteiger partial charge in [0.1, 0.15) is 0 Å². The Kier molecular flexibility index (Phi) is 10.1. The maximum absolute atomic E-state index is 12.0. The van der Waals surface area contributed by atoms with Crippen molar-refractivity contribution in [1.82, 2.24) is 5.32 Å². The average molecular weight is 411 g/mol. The van der Waals surface area contributed by atoms with Crippen LogP contribution in [-0.2, 0) is 4.57 Å². The van der Waals surface area contributed by atoms with E-state index in [9.17, 15) is 14.3 Å². The molecule has 0 saturated carbocycles. The summed E-state index contributed by atoms with van der Waals surface area (Å²) in [4.78, 5) is 22.9. The zero-order chi connectivity index (χ0) is 20.4. The highest BCUT2D eigenvalue weighted by Crippen LogP contribution is 2.20. The molecule has 27 heavy (non-hydrogen) atoms. The minimum absolute atomic E-state index is 0.106. The van der Waals surface area contributed by atoms with E-state index in [1.165, 1.54) is 18.2 Å². The first kappa shape index (κ1) is 23.2. The first-order valence-corrected chi connectivity index (χ1v) is 9.98. The summed E-state index contributed by atoms with van der Waals surface area (Å²) in [5.41, 5.74) is 1.75. The number of likely N-dealkylation sites (N-methyl/N-ethyl adjacent to an activating group) is 1. The van der Waals surface area contributed by atoms with Gasteiger partial charge in [-0.15, -0.1) is 0 Å². The van der Waals surface area contributed by atoms with Crippen molar-refractivity contribution in [3.05, 3.63) is 58.6 Å². The number of benzene rings is 2. The Hall–Kier alpha value is -1.82. The molecule has 2 rings (SSSR count). The maximum atomic E-state index is 12.0. The molecule has 8 heteroatoms. The maximum Gasteiger partial charge on any atom is 0.348 e. The molecule has 0 radical (unpaired) electrons. The second kappa shape index (κ2) is 11.8. The second-order valence-electron chi connectivity index (χ2n) is 5.85. The van der Waals surface area contributed by atoms with Crippen molar-refractivity contribution in [1.29, 1.82) is 0 Å². The molecule has 0 heterocycles. The third-order valence-corrected chi connectivity index (χ3v) is 4.77. The summed E-state index contributed by atoms with van der Waals surface area (Å²) in [6.07, 6.45) is 0.672. The Balaban J connectivity index is 0.000000445. The van der Waals surface area contributed by atoms with E-state index in [-0.39, 0.29) is 22.9 Å². The van der Waals surface area contributed by atoms with Gasteiger partial charge in [0, 0.05) is 28.9 Å². The van der Waals surface area contributed by atoms with E-state index >= 15 is 0 Å². The standard InChI is InChI=1S/C14H11ClNO3P.C5H13NO/c1-9-5-6-11(8-13(9)15)16-14(17)10-3-2-4-12(7-10)20(18)19;1-3-5(7)4-6-2/h2-8H,1H3,(H,16,17);5-7H,3-4H2,1-2H3. The van der Waals surface area contributed by atoms with Crippen LogP contribution in [0.15, 0.2) is 42.5 Å². The van der Waals surface area contributed by atoms with Crippen LogP contribution in [-0.4, -0.2) is 30.7 Å². The summed E-state index contributed by atoms with van der Waals surface area (Å²) >= 11 is 5.98. The van der Waals surface area contributed by atoms with Crippen LogP contribution in [0.3, 0.4) is 0 Å². The van der Waals surface area contributed by atoms with Crippen molar-refractivity contribution in [3.63, 3.8) is 0 Å². The number of aliphatic hydroxyl groups is 1. The monoisotopic (exact) mass is 410 g/mol. The number of rotatable bonds is 6. The molecule has 0 spiro atoms. The van der Waals surface area contributed by atoms with Gasteiger partial charge in [-0.3, -0.25) is 4.79 Å². The van der Waals surface area contributed by atoms with Gasteiger partial charge in [0.2, 0.25) is 0 Å². The minimum atomic E-state index is -2.71. The van der Waals surface area contributed by atoms with Gasteiger partial charge in [0.05, 0.1) is 6.10 Å². The van der Waals surface area contributed by atoms with Crippen molar-refractivity contribution in [3.8, 4) is 0 Å². The zero-order valence-electron chi connectivity index (χ0n) is 15.5. The molecule has 0 saturated heterocycles. The number of amides is 1. The fourth-order valence-corrected chi connectivity index (χ4v) is 2.65. The summed E-state index contributed by atoms with van der Waals surface area (Å²) in [6, 6.07) is 11.0. The Morgan fingerprint density at radius 1 is 1.30 bits per heavy atom. The average Bonchev–Trinajstić information content (AvgIpc) is 2.65. The molecule has 0 fully saturated rings. The van der Waals surface area contributed by atoms with Gasteiger partial charge in [-0.2, -0.15) is 0 Å². The molecule has 0 aliphatic carbocycles. The summed E-state index contributed by atoms with van der Waals surface area (Å²) in [5.74, 6) is -0.386. The fourth-order valence-electron chi connectivity index (χ4n) is 2.01. The number of aryl methyl sites for hydroxylation is 1. The lowest BCUT2D eigenvalue weighted by Gasteiger charge is -2.07. The normalized spacial score (nSPS) is 11.9. The van der Waals surface area contributed by atoms with Crippen molar-refractivity contribution in [2.45, 2.75) is 26.4 Å². The quantitative estimate of drug-likeness (QED) is 0.635. The molecule has 2 unspecified atom stereocenters. The minimum Gasteiger partial charge on any atom is -0.591 e. The molecular weight excluding hydrogens is 387 g/mol. The van der Waals surface area contributed by atoms with E-state index < -0.39 is 8.03 Å². The largest absolute Gasteiger partial charge is 0.591 e. The molecule has 2 aromatic rings. The number of anilines is 1. The Labute approximate surface area is 165 Å². The van der Waals surface area contributed by atoms with Gasteiger partial charge in [0.15, 0.2) is 5.30 Å². The van der Waals surface area contributed by atoms with Gasteiger partial charge in [-0.25, -0.2) is 0 Å². The van der Waals surface area contributed by atoms with Gasteiger partial charge >= 0.3 is 8.03 Å². The van der Waals surface area contributed by atoms with Crippen molar-refractivity contribution < 1.29 is 19.4 Å². The van der Waals surface area contributed by atoms with E-state index in [0.717, 1.165) is 12.0 Å². The van der Waals surface area contributed by atoms with Crippen LogP contribution in [0.4, 0.5) is 5.69 Å². The Morgan fingerprint density at radius 2 is 2.00 bits per heavy atom. The summed E-state index contributed by atoms with van der Waals surface area (Å²) in [5, 5.41) is 15.0. The molecule has 2 aromatic carbocycles. The van der Waals surface area contributed by atoms with E-state index in [1.807, 2.05) is 20.9 Å². The van der Waals surface area contributed by atoms with Gasteiger partial charge < -0.3 is 20.6 Å². The van der Waals surface area contributed by atoms with Crippen LogP contribution < -0.4 is 20.8 Å². The van der Waals surface area contributed by atoms with Gasteiger partial charge in [-0.05, 0) is 50.2 Å². The summed E-state index contributed by atoms with van der Waals surface area (Å²) in [7, 11) is -0.874.